The Bertz CT molecular complexity index is 2960. The average molecular weight is 824 g/mol. The van der Waals surface area contributed by atoms with E-state index in [1.54, 1.807) is 0 Å². The Hall–Kier alpha value is -9.28. The molecule has 59 heavy (non-hydrogen) atoms. The molecule has 6 aromatic carbocycles. The molecule has 0 aliphatic heterocycles. The zero-order chi connectivity index (χ0) is 43.4. The predicted molar refractivity (Wildman–Crippen MR) is 193 cm³/mol. The lowest BCUT2D eigenvalue weighted by Crippen LogP contribution is -2.02. The van der Waals surface area contributed by atoms with E-state index in [0.717, 1.165) is 0 Å². The Morgan fingerprint density at radius 2 is 0.542 bits per heavy atom. The monoisotopic (exact) mass is 823 g/mol. The van der Waals surface area contributed by atoms with Gasteiger partial charge in [0.1, 0.15) is 16.7 Å². The van der Waals surface area contributed by atoms with Crippen molar-refractivity contribution in [2.24, 2.45) is 0 Å². The van der Waals surface area contributed by atoms with Crippen LogP contribution in [0, 0.1) is 0 Å². The molecule has 7 rings (SSSR count). The van der Waals surface area contributed by atoms with Gasteiger partial charge in [0.2, 0.25) is 45.7 Å². The molecule has 0 atom stereocenters. The molecule has 20 N–H and O–H groups in total. The van der Waals surface area contributed by atoms with E-state index >= 15 is 0 Å². The Morgan fingerprint density at radius 1 is 0.271 bits per heavy atom. The summed E-state index contributed by atoms with van der Waals surface area (Å²) in [6.45, 7) is 0. The highest BCUT2D eigenvalue weighted by atomic mass is 17.0. The zero-order valence-electron chi connectivity index (χ0n) is 28.6. The van der Waals surface area contributed by atoms with Gasteiger partial charge in [0.05, 0.1) is 27.8 Å². The molecule has 7 aromatic rings. The van der Waals surface area contributed by atoms with E-state index in [0.29, 0.717) is 0 Å². The largest absolute Gasteiger partial charge is 0.504 e. The van der Waals surface area contributed by atoms with Crippen LogP contribution in [0.4, 0.5) is 0 Å². The third kappa shape index (κ3) is 4.87. The summed E-state index contributed by atoms with van der Waals surface area (Å²) in [4.78, 5) is 0. The normalized spacial score (nSPS) is 11.4. The van der Waals surface area contributed by atoms with E-state index in [2.05, 4.69) is 0 Å². The fraction of sp³-hybridized carbons (Fsp3) is 0. The molecule has 0 bridgehead atoms. The van der Waals surface area contributed by atoms with Crippen LogP contribution in [0.25, 0.3) is 61.3 Å². The number of nitrogens with zero attached hydrogens (tertiary/aromatic N) is 1. The fourth-order valence-electron chi connectivity index (χ4n) is 6.44. The highest BCUT2D eigenvalue weighted by Crippen LogP contribution is 2.64. The molecular weight excluding hydrogens is 798 g/mol. The third-order valence-electron chi connectivity index (χ3n) is 9.26. The number of hydrogen-bond donors (Lipinski definition) is 20. The number of rotatable bonds is 4. The standard InChI is InChI=1S/C36H25NO22/c38-15-7(6-4-2-1-3-5-6)23(46)35-13(27(15)50)37(12-25(48)16(39)8(17(40)26(12)49)9-19(42)29(52)33(56)30(53)20(9)43)14-28(51)18(41)11(24(47)36(14)59-58-35)10-21(44)31(54)34(57)32(55)22(10)45/h1-5,38-57H. The third-order valence-corrected chi connectivity index (χ3v) is 9.26. The Morgan fingerprint density at radius 3 is 0.915 bits per heavy atom. The number of phenols is 20. The van der Waals surface area contributed by atoms with Crippen molar-refractivity contribution >= 4 is 22.2 Å². The van der Waals surface area contributed by atoms with Crippen LogP contribution in [0.3, 0.4) is 0 Å². The summed E-state index contributed by atoms with van der Waals surface area (Å²) in [6, 6.07) is 6.99. The first-order valence-corrected chi connectivity index (χ1v) is 15.9. The molecule has 0 aliphatic rings. The van der Waals surface area contributed by atoms with Gasteiger partial charge in [-0.2, -0.15) is 0 Å². The first-order chi connectivity index (χ1) is 27.7. The average Bonchev–Trinajstić information content (AvgIpc) is 3.39. The van der Waals surface area contributed by atoms with Gasteiger partial charge >= 0.3 is 0 Å². The van der Waals surface area contributed by atoms with Crippen molar-refractivity contribution in [1.82, 2.24) is 4.57 Å². The maximum Gasteiger partial charge on any atom is 0.248 e. The summed E-state index contributed by atoms with van der Waals surface area (Å²) in [5, 5.41) is 217. The van der Waals surface area contributed by atoms with Crippen molar-refractivity contribution in [1.29, 1.82) is 0 Å². The number of hydrogen-bond acceptors (Lipinski definition) is 22. The molecule has 0 saturated carbocycles. The van der Waals surface area contributed by atoms with E-state index in [1.165, 1.54) is 30.3 Å². The van der Waals surface area contributed by atoms with Crippen LogP contribution in [0.2, 0.25) is 0 Å². The highest BCUT2D eigenvalue weighted by Gasteiger charge is 2.38. The highest BCUT2D eigenvalue weighted by molar-refractivity contribution is 6.06. The Labute approximate surface area is 322 Å². The lowest BCUT2D eigenvalue weighted by Gasteiger charge is -2.21. The van der Waals surface area contributed by atoms with Gasteiger partial charge in [-0.3, -0.25) is 13.7 Å². The SMILES string of the molecule is Oc1c(O)c(O)c(-c2c(O)c(O)c(-n3c4c(O)c(O)c(-c5ccccc5)c(O)c4ooc4c(O)c(-c5c(O)c(O)c(O)c(O)c5O)c(O)c(O)c43)c(O)c2O)c(O)c1O. The lowest BCUT2D eigenvalue weighted by atomic mass is 9.96. The number of aromatic hydroxyl groups is 20. The Kier molecular flexibility index (Phi) is 8.14. The van der Waals surface area contributed by atoms with Crippen molar-refractivity contribution in [2.75, 3.05) is 0 Å². The van der Waals surface area contributed by atoms with Crippen LogP contribution in [0.15, 0.2) is 39.5 Å². The first kappa shape index (κ1) is 38.0. The van der Waals surface area contributed by atoms with Crippen LogP contribution in [0.5, 0.6) is 115 Å². The molecule has 0 radical (unpaired) electrons. The zero-order valence-corrected chi connectivity index (χ0v) is 28.6. The molecule has 0 spiro atoms. The van der Waals surface area contributed by atoms with Crippen LogP contribution in [-0.2, 0) is 0 Å². The maximum absolute atomic E-state index is 11.6. The van der Waals surface area contributed by atoms with Gasteiger partial charge in [0, 0.05) is 0 Å². The van der Waals surface area contributed by atoms with Crippen molar-refractivity contribution in [3.8, 4) is 154 Å². The molecule has 23 nitrogen and oxygen atoms in total. The quantitative estimate of drug-likeness (QED) is 0.0671. The van der Waals surface area contributed by atoms with Gasteiger partial charge in [-0.25, -0.2) is 0 Å². The van der Waals surface area contributed by atoms with Gasteiger partial charge in [0.25, 0.3) is 0 Å². The van der Waals surface area contributed by atoms with Crippen LogP contribution >= 0.6 is 0 Å². The molecule has 0 aliphatic carbocycles. The minimum absolute atomic E-state index is 0.0358. The number of benzene rings is 6. The van der Waals surface area contributed by atoms with Crippen LogP contribution in [-0.4, -0.2) is 107 Å². The second-order valence-electron chi connectivity index (χ2n) is 12.4. The molecule has 0 saturated heterocycles. The first-order valence-electron chi connectivity index (χ1n) is 15.9. The van der Waals surface area contributed by atoms with E-state index in [1.807, 2.05) is 0 Å². The summed E-state index contributed by atoms with van der Waals surface area (Å²) in [7, 11) is 0. The molecule has 306 valence electrons. The van der Waals surface area contributed by atoms with Crippen molar-refractivity contribution in [3.63, 3.8) is 0 Å². The van der Waals surface area contributed by atoms with Crippen molar-refractivity contribution in [2.45, 2.75) is 0 Å². The number of aromatic nitrogens is 1. The fourth-order valence-corrected chi connectivity index (χ4v) is 6.44. The topological polar surface area (TPSA) is 436 Å². The minimum Gasteiger partial charge on any atom is -0.504 e. The smallest absolute Gasteiger partial charge is 0.248 e. The molecule has 1 heterocycles. The maximum atomic E-state index is 11.6. The lowest BCUT2D eigenvalue weighted by molar-refractivity contribution is 0.0877. The van der Waals surface area contributed by atoms with Crippen molar-refractivity contribution < 1.29 is 111 Å². The molecular formula is C36H25NO22. The summed E-state index contributed by atoms with van der Waals surface area (Å²) < 4.78 is 10.5. The second kappa shape index (κ2) is 12.6. The predicted octanol–water partition coefficient (Wildman–Crippen LogP) is 4.21. The van der Waals surface area contributed by atoms with E-state index < -0.39 is 171 Å². The van der Waals surface area contributed by atoms with Gasteiger partial charge in [0.15, 0.2) is 80.5 Å². The van der Waals surface area contributed by atoms with Crippen LogP contribution < -0.4 is 0 Å². The second-order valence-corrected chi connectivity index (χ2v) is 12.4. The summed E-state index contributed by atoms with van der Waals surface area (Å²) in [5.41, 5.74) is -12.8. The number of fused-ring (bicyclic) bond motifs is 2. The summed E-state index contributed by atoms with van der Waals surface area (Å²) >= 11 is 0. The van der Waals surface area contributed by atoms with E-state index in [9.17, 15) is 102 Å². The molecule has 0 unspecified atom stereocenters. The van der Waals surface area contributed by atoms with E-state index in [4.69, 9.17) is 9.15 Å². The van der Waals surface area contributed by atoms with E-state index in [-0.39, 0.29) is 10.1 Å². The van der Waals surface area contributed by atoms with Gasteiger partial charge in [-0.05, 0) is 5.56 Å². The van der Waals surface area contributed by atoms with Crippen molar-refractivity contribution in [3.05, 3.63) is 30.3 Å². The molecule has 0 amide bonds. The molecule has 1 aromatic heterocycles. The Balaban J connectivity index is 1.76. The molecule has 23 heteroatoms. The van der Waals surface area contributed by atoms with Gasteiger partial charge in [-0.15, -0.1) is 0 Å². The van der Waals surface area contributed by atoms with Gasteiger partial charge in [-0.1, -0.05) is 30.3 Å². The minimum atomic E-state index is -1.77. The summed E-state index contributed by atoms with van der Waals surface area (Å²) in [6.07, 6.45) is 0. The summed E-state index contributed by atoms with van der Waals surface area (Å²) in [5.74, 6) is -31.4. The number of phenolic OH excluding ortho intramolecular Hbond substituents is 20. The van der Waals surface area contributed by atoms with Crippen LogP contribution in [0.1, 0.15) is 0 Å². The van der Waals surface area contributed by atoms with Gasteiger partial charge < -0.3 is 102 Å². The molecule has 0 fully saturated rings.